The molecule has 3 atom stereocenters. The third kappa shape index (κ3) is 5.29. The summed E-state index contributed by atoms with van der Waals surface area (Å²) in [7, 11) is -1.94. The molecule has 0 saturated carbocycles. The van der Waals surface area contributed by atoms with E-state index in [9.17, 15) is 9.59 Å². The first-order valence-electron chi connectivity index (χ1n) is 10.6. The third-order valence-electron chi connectivity index (χ3n) is 6.37. The zero-order valence-corrected chi connectivity index (χ0v) is 20.3. The molecule has 0 aromatic carbocycles. The molecule has 2 saturated heterocycles. The fourth-order valence-electron chi connectivity index (χ4n) is 3.85. The van der Waals surface area contributed by atoms with Crippen molar-refractivity contribution >= 4 is 20.3 Å². The second kappa shape index (κ2) is 7.98. The van der Waals surface area contributed by atoms with Crippen LogP contribution in [0.3, 0.4) is 0 Å². The maximum absolute atomic E-state index is 12.9. The van der Waals surface area contributed by atoms with Crippen LogP contribution in [0.1, 0.15) is 61.3 Å². The molecule has 2 aliphatic rings. The Bertz CT molecular complexity index is 594. The van der Waals surface area contributed by atoms with E-state index in [1.54, 1.807) is 0 Å². The number of ether oxygens (including phenoxy) is 1. The first-order chi connectivity index (χ1) is 12.6. The summed E-state index contributed by atoms with van der Waals surface area (Å²) in [4.78, 5) is 28.9. The smallest absolute Gasteiger partial charge is 0.410 e. The van der Waals surface area contributed by atoms with Crippen LogP contribution < -0.4 is 0 Å². The second-order valence-corrected chi connectivity index (χ2v) is 15.6. The van der Waals surface area contributed by atoms with Gasteiger partial charge >= 0.3 is 6.09 Å². The number of likely N-dealkylation sites (tertiary alicyclic amines) is 2. The normalized spacial score (nSPS) is 26.9. The minimum absolute atomic E-state index is 0.00388. The summed E-state index contributed by atoms with van der Waals surface area (Å²) in [6.07, 6.45) is 0.997. The summed E-state index contributed by atoms with van der Waals surface area (Å²) in [5, 5.41) is 0.115. The number of amides is 2. The van der Waals surface area contributed by atoms with Gasteiger partial charge in [-0.25, -0.2) is 4.79 Å². The highest BCUT2D eigenvalue weighted by atomic mass is 28.4. The molecule has 2 heterocycles. The number of rotatable bonds is 4. The molecule has 0 spiro atoms. The third-order valence-corrected chi connectivity index (χ3v) is 10.9. The van der Waals surface area contributed by atoms with Gasteiger partial charge in [0.25, 0.3) is 0 Å². The van der Waals surface area contributed by atoms with Crippen molar-refractivity contribution in [3.63, 3.8) is 0 Å². The molecule has 7 heteroatoms. The topological polar surface area (TPSA) is 59.1 Å². The quantitative estimate of drug-likeness (QED) is 0.648. The Kier molecular flexibility index (Phi) is 6.61. The first kappa shape index (κ1) is 23.2. The highest BCUT2D eigenvalue weighted by Crippen LogP contribution is 2.40. The average molecular weight is 413 g/mol. The summed E-state index contributed by atoms with van der Waals surface area (Å²) >= 11 is 0. The molecule has 0 aromatic rings. The summed E-state index contributed by atoms with van der Waals surface area (Å²) in [6.45, 7) is 20.8. The van der Waals surface area contributed by atoms with Crippen molar-refractivity contribution in [2.45, 2.75) is 97.2 Å². The van der Waals surface area contributed by atoms with E-state index in [0.717, 1.165) is 13.0 Å². The van der Waals surface area contributed by atoms with Gasteiger partial charge < -0.3 is 19.0 Å². The Morgan fingerprint density at radius 1 is 1.14 bits per heavy atom. The molecule has 6 nitrogen and oxygen atoms in total. The van der Waals surface area contributed by atoms with E-state index in [0.29, 0.717) is 19.5 Å². The predicted molar refractivity (Wildman–Crippen MR) is 114 cm³/mol. The zero-order valence-electron chi connectivity index (χ0n) is 19.3. The molecule has 2 aliphatic heterocycles. The molecule has 0 radical (unpaired) electrons. The van der Waals surface area contributed by atoms with E-state index < -0.39 is 13.9 Å². The van der Waals surface area contributed by atoms with Gasteiger partial charge in [-0.15, -0.1) is 0 Å². The lowest BCUT2D eigenvalue weighted by atomic mass is 9.96. The van der Waals surface area contributed by atoms with Gasteiger partial charge in [0.2, 0.25) is 5.91 Å². The van der Waals surface area contributed by atoms with Crippen molar-refractivity contribution in [2.24, 2.45) is 5.92 Å². The summed E-state index contributed by atoms with van der Waals surface area (Å²) < 4.78 is 12.3. The highest BCUT2D eigenvalue weighted by molar-refractivity contribution is 6.74. The molecular formula is C21H40N2O4Si. The predicted octanol–water partition coefficient (Wildman–Crippen LogP) is 4.25. The van der Waals surface area contributed by atoms with Crippen LogP contribution in [0, 0.1) is 5.92 Å². The lowest BCUT2D eigenvalue weighted by Gasteiger charge is -2.38. The van der Waals surface area contributed by atoms with Crippen molar-refractivity contribution in [1.82, 2.24) is 9.80 Å². The Hall–Kier alpha value is -1.08. The minimum atomic E-state index is -1.94. The van der Waals surface area contributed by atoms with Crippen molar-refractivity contribution < 1.29 is 18.8 Å². The molecule has 2 rings (SSSR count). The van der Waals surface area contributed by atoms with E-state index in [4.69, 9.17) is 9.16 Å². The molecule has 2 fully saturated rings. The summed E-state index contributed by atoms with van der Waals surface area (Å²) in [6, 6.07) is -0.00915. The molecule has 0 aromatic heterocycles. The van der Waals surface area contributed by atoms with Crippen LogP contribution in [0.25, 0.3) is 0 Å². The van der Waals surface area contributed by atoms with Gasteiger partial charge in [0.15, 0.2) is 8.32 Å². The van der Waals surface area contributed by atoms with Crippen molar-refractivity contribution in [1.29, 1.82) is 0 Å². The maximum Gasteiger partial charge on any atom is 0.410 e. The summed E-state index contributed by atoms with van der Waals surface area (Å²) in [5.41, 5.74) is -0.541. The fourth-order valence-corrected chi connectivity index (χ4v) is 5.21. The maximum atomic E-state index is 12.9. The van der Waals surface area contributed by atoms with Gasteiger partial charge in [0.05, 0.1) is 6.10 Å². The zero-order chi connectivity index (χ0) is 21.5. The largest absolute Gasteiger partial charge is 0.444 e. The van der Waals surface area contributed by atoms with Crippen LogP contribution in [0.4, 0.5) is 4.79 Å². The lowest BCUT2D eigenvalue weighted by Crippen LogP contribution is -2.45. The highest BCUT2D eigenvalue weighted by Gasteiger charge is 2.48. The Labute approximate surface area is 172 Å². The number of carbonyl (C=O) groups excluding carboxylic acids is 2. The number of carbonyl (C=O) groups is 2. The Morgan fingerprint density at radius 3 is 2.21 bits per heavy atom. The van der Waals surface area contributed by atoms with E-state index in [1.165, 1.54) is 0 Å². The van der Waals surface area contributed by atoms with Gasteiger partial charge in [0, 0.05) is 38.0 Å². The molecule has 28 heavy (non-hydrogen) atoms. The molecule has 0 bridgehead atoms. The van der Waals surface area contributed by atoms with Gasteiger partial charge in [-0.2, -0.15) is 0 Å². The Morgan fingerprint density at radius 2 is 1.75 bits per heavy atom. The molecule has 162 valence electrons. The van der Waals surface area contributed by atoms with Crippen molar-refractivity contribution in [3.05, 3.63) is 0 Å². The van der Waals surface area contributed by atoms with Crippen LogP contribution in [0.2, 0.25) is 18.1 Å². The van der Waals surface area contributed by atoms with Crippen LogP contribution in [0.15, 0.2) is 0 Å². The van der Waals surface area contributed by atoms with Crippen LogP contribution in [-0.2, 0) is 14.0 Å². The van der Waals surface area contributed by atoms with Crippen LogP contribution in [0.5, 0.6) is 0 Å². The van der Waals surface area contributed by atoms with Crippen molar-refractivity contribution in [2.75, 3.05) is 19.6 Å². The standard InChI is InChI=1S/C21H40N2O4Si/c1-10-22-13-15(11-18(22)24)17-12-16(27-28(8,9)21(5,6)7)14-23(17)19(25)26-20(2,3)4/h15-17H,10-14H2,1-9H3/t15?,16-,17+/m1/s1. The average Bonchev–Trinajstić information content (AvgIpc) is 3.07. The number of hydrogen-bond donors (Lipinski definition) is 0. The van der Waals surface area contributed by atoms with E-state index in [2.05, 4.69) is 33.9 Å². The van der Waals surface area contributed by atoms with Crippen LogP contribution in [-0.4, -0.2) is 67.5 Å². The fraction of sp³-hybridized carbons (Fsp3) is 0.905. The second-order valence-electron chi connectivity index (χ2n) is 10.8. The SMILES string of the molecule is CCN1CC([C@@H]2C[C@@H](O[Si](C)(C)C(C)(C)C)CN2C(=O)OC(C)(C)C)CC1=O. The van der Waals surface area contributed by atoms with Gasteiger partial charge in [-0.1, -0.05) is 20.8 Å². The number of nitrogens with zero attached hydrogens (tertiary/aromatic N) is 2. The summed E-state index contributed by atoms with van der Waals surface area (Å²) in [5.74, 6) is 0.332. The van der Waals surface area contributed by atoms with E-state index >= 15 is 0 Å². The van der Waals surface area contributed by atoms with Gasteiger partial charge in [-0.05, 0) is 52.2 Å². The molecule has 1 unspecified atom stereocenters. The van der Waals surface area contributed by atoms with Crippen LogP contribution >= 0.6 is 0 Å². The molecule has 0 N–H and O–H groups in total. The monoisotopic (exact) mass is 412 g/mol. The minimum Gasteiger partial charge on any atom is -0.444 e. The van der Waals surface area contributed by atoms with E-state index in [-0.39, 0.29) is 35.1 Å². The lowest BCUT2D eigenvalue weighted by molar-refractivity contribution is -0.127. The first-order valence-corrected chi connectivity index (χ1v) is 13.5. The Balaban J connectivity index is 2.19. The number of hydrogen-bond acceptors (Lipinski definition) is 4. The van der Waals surface area contributed by atoms with Crippen molar-refractivity contribution in [3.8, 4) is 0 Å². The molecular weight excluding hydrogens is 372 g/mol. The van der Waals surface area contributed by atoms with Gasteiger partial charge in [0.1, 0.15) is 5.60 Å². The van der Waals surface area contributed by atoms with Gasteiger partial charge in [-0.3, -0.25) is 4.79 Å². The molecule has 2 amide bonds. The molecule has 0 aliphatic carbocycles. The van der Waals surface area contributed by atoms with E-state index in [1.807, 2.05) is 37.5 Å².